The molecule has 1 heterocycles. The van der Waals surface area contributed by atoms with Gasteiger partial charge in [-0.2, -0.15) is 0 Å². The Morgan fingerprint density at radius 1 is 1.54 bits per heavy atom. The van der Waals surface area contributed by atoms with Crippen molar-refractivity contribution in [2.24, 2.45) is 11.8 Å². The molecule has 0 aromatic carbocycles. The predicted octanol–water partition coefficient (Wildman–Crippen LogP) is 1.21. The zero-order valence-electron chi connectivity index (χ0n) is 8.59. The number of hydrogen-bond acceptors (Lipinski definition) is 3. The minimum atomic E-state index is -0.769. The van der Waals surface area contributed by atoms with Crippen molar-refractivity contribution < 1.29 is 14.3 Å². The van der Waals surface area contributed by atoms with Crippen LogP contribution in [0.25, 0.3) is 0 Å². The molecule has 0 N–H and O–H groups in total. The summed E-state index contributed by atoms with van der Waals surface area (Å²) in [4.78, 5) is 23.2. The molecule has 1 saturated heterocycles. The number of carbonyl (C=O) groups excluding carboxylic acids is 2. The Hall–Kier alpha value is -0.700. The van der Waals surface area contributed by atoms with E-state index in [0.717, 1.165) is 0 Å². The lowest BCUT2D eigenvalue weighted by Crippen LogP contribution is -2.34. The summed E-state index contributed by atoms with van der Waals surface area (Å²) in [6, 6.07) is 0. The van der Waals surface area contributed by atoms with Gasteiger partial charge in [0, 0.05) is 5.92 Å². The lowest BCUT2D eigenvalue weighted by atomic mass is 9.88. The fourth-order valence-corrected chi connectivity index (χ4v) is 1.47. The van der Waals surface area contributed by atoms with Crippen LogP contribution in [-0.2, 0) is 14.3 Å². The van der Waals surface area contributed by atoms with Gasteiger partial charge in [0.15, 0.2) is 5.78 Å². The molecule has 3 heteroatoms. The van der Waals surface area contributed by atoms with Crippen LogP contribution in [0.2, 0.25) is 0 Å². The Balaban J connectivity index is 2.77. The van der Waals surface area contributed by atoms with Crippen molar-refractivity contribution in [1.82, 2.24) is 0 Å². The zero-order chi connectivity index (χ0) is 10.2. The van der Waals surface area contributed by atoms with E-state index in [0.29, 0.717) is 0 Å². The maximum absolute atomic E-state index is 11.6. The fraction of sp³-hybridized carbons (Fsp3) is 0.800. The molecule has 0 bridgehead atoms. The number of rotatable bonds is 2. The minimum Gasteiger partial charge on any atom is -0.367 e. The van der Waals surface area contributed by atoms with E-state index < -0.39 is 11.5 Å². The number of ether oxygens (including phenoxy) is 1. The van der Waals surface area contributed by atoms with E-state index in [1.54, 1.807) is 27.7 Å². The highest BCUT2D eigenvalue weighted by Gasteiger charge is 2.45. The SMILES string of the molecule is CC(C)C(=O)C1COC(C)(C)C1=O. The summed E-state index contributed by atoms with van der Waals surface area (Å²) in [5.74, 6) is -0.705. The van der Waals surface area contributed by atoms with Crippen LogP contribution in [-0.4, -0.2) is 23.8 Å². The fourth-order valence-electron chi connectivity index (χ4n) is 1.47. The Morgan fingerprint density at radius 2 is 2.08 bits per heavy atom. The van der Waals surface area contributed by atoms with E-state index in [2.05, 4.69) is 0 Å². The highest BCUT2D eigenvalue weighted by atomic mass is 16.5. The van der Waals surface area contributed by atoms with Crippen LogP contribution in [0.5, 0.6) is 0 Å². The Kier molecular flexibility index (Phi) is 2.57. The maximum atomic E-state index is 11.6. The van der Waals surface area contributed by atoms with Gasteiger partial charge >= 0.3 is 0 Å². The standard InChI is InChI=1S/C10H16O3/c1-6(2)8(11)7-5-13-10(3,4)9(7)12/h6-7H,5H2,1-4H3. The number of Topliss-reactive ketones (excluding diaryl/α,β-unsaturated/α-hetero) is 2. The predicted molar refractivity (Wildman–Crippen MR) is 48.4 cm³/mol. The van der Waals surface area contributed by atoms with Gasteiger partial charge in [0.05, 0.1) is 6.61 Å². The van der Waals surface area contributed by atoms with Gasteiger partial charge in [-0.3, -0.25) is 9.59 Å². The largest absolute Gasteiger partial charge is 0.367 e. The number of carbonyl (C=O) groups is 2. The van der Waals surface area contributed by atoms with Crippen molar-refractivity contribution in [1.29, 1.82) is 0 Å². The molecule has 0 aliphatic carbocycles. The van der Waals surface area contributed by atoms with Gasteiger partial charge in [-0.1, -0.05) is 13.8 Å². The van der Waals surface area contributed by atoms with E-state index in [1.807, 2.05) is 0 Å². The summed E-state index contributed by atoms with van der Waals surface area (Å²) in [5.41, 5.74) is -0.769. The van der Waals surface area contributed by atoms with Crippen molar-refractivity contribution in [3.8, 4) is 0 Å². The van der Waals surface area contributed by atoms with Gasteiger partial charge in [0.25, 0.3) is 0 Å². The summed E-state index contributed by atoms with van der Waals surface area (Å²) in [6.45, 7) is 7.29. The van der Waals surface area contributed by atoms with Crippen LogP contribution < -0.4 is 0 Å². The molecule has 1 atom stereocenters. The molecule has 3 nitrogen and oxygen atoms in total. The van der Waals surface area contributed by atoms with Crippen molar-refractivity contribution in [2.45, 2.75) is 33.3 Å². The van der Waals surface area contributed by atoms with Gasteiger partial charge in [-0.25, -0.2) is 0 Å². The lowest BCUT2D eigenvalue weighted by molar-refractivity contribution is -0.135. The van der Waals surface area contributed by atoms with E-state index >= 15 is 0 Å². The van der Waals surface area contributed by atoms with Gasteiger partial charge in [-0.05, 0) is 13.8 Å². The van der Waals surface area contributed by atoms with Crippen LogP contribution in [0.3, 0.4) is 0 Å². The van der Waals surface area contributed by atoms with Crippen LogP contribution in [0.4, 0.5) is 0 Å². The third kappa shape index (κ3) is 1.80. The minimum absolute atomic E-state index is 0.00410. The molecule has 1 rings (SSSR count). The molecule has 13 heavy (non-hydrogen) atoms. The summed E-state index contributed by atoms with van der Waals surface area (Å²) < 4.78 is 5.27. The zero-order valence-corrected chi connectivity index (χ0v) is 8.59. The van der Waals surface area contributed by atoms with Crippen LogP contribution in [0.1, 0.15) is 27.7 Å². The molecular weight excluding hydrogens is 168 g/mol. The molecule has 1 aliphatic heterocycles. The first kappa shape index (κ1) is 10.4. The second-order valence-corrected chi connectivity index (χ2v) is 4.30. The Morgan fingerprint density at radius 3 is 2.38 bits per heavy atom. The van der Waals surface area contributed by atoms with E-state index in [9.17, 15) is 9.59 Å². The van der Waals surface area contributed by atoms with Gasteiger partial charge in [-0.15, -0.1) is 0 Å². The molecule has 0 aromatic rings. The molecule has 0 radical (unpaired) electrons. The molecule has 0 spiro atoms. The molecular formula is C10H16O3. The second kappa shape index (κ2) is 3.22. The lowest BCUT2D eigenvalue weighted by Gasteiger charge is -2.14. The first-order valence-electron chi connectivity index (χ1n) is 4.58. The molecule has 1 fully saturated rings. The number of hydrogen-bond donors (Lipinski definition) is 0. The smallest absolute Gasteiger partial charge is 0.176 e. The van der Waals surface area contributed by atoms with Crippen LogP contribution in [0, 0.1) is 11.8 Å². The summed E-state index contributed by atoms with van der Waals surface area (Å²) in [6.07, 6.45) is 0. The van der Waals surface area contributed by atoms with E-state index in [1.165, 1.54) is 0 Å². The first-order valence-corrected chi connectivity index (χ1v) is 4.58. The van der Waals surface area contributed by atoms with Crippen molar-refractivity contribution in [3.63, 3.8) is 0 Å². The van der Waals surface area contributed by atoms with Crippen LogP contribution >= 0.6 is 0 Å². The van der Waals surface area contributed by atoms with Gasteiger partial charge in [0.2, 0.25) is 0 Å². The van der Waals surface area contributed by atoms with E-state index in [4.69, 9.17) is 4.74 Å². The molecule has 74 valence electrons. The highest BCUT2D eigenvalue weighted by molar-refractivity contribution is 6.07. The van der Waals surface area contributed by atoms with Crippen molar-refractivity contribution in [2.75, 3.05) is 6.61 Å². The van der Waals surface area contributed by atoms with Gasteiger partial charge in [0.1, 0.15) is 17.3 Å². The summed E-state index contributed by atoms with van der Waals surface area (Å²) in [7, 11) is 0. The topological polar surface area (TPSA) is 43.4 Å². The Labute approximate surface area is 78.5 Å². The van der Waals surface area contributed by atoms with E-state index in [-0.39, 0.29) is 24.1 Å². The highest BCUT2D eigenvalue weighted by Crippen LogP contribution is 2.27. The Bertz CT molecular complexity index is 241. The van der Waals surface area contributed by atoms with Crippen molar-refractivity contribution in [3.05, 3.63) is 0 Å². The third-order valence-corrected chi connectivity index (χ3v) is 2.43. The average Bonchev–Trinajstić information content (AvgIpc) is 2.27. The molecule has 0 saturated carbocycles. The van der Waals surface area contributed by atoms with Crippen molar-refractivity contribution >= 4 is 11.6 Å². The molecule has 1 aliphatic rings. The van der Waals surface area contributed by atoms with Gasteiger partial charge < -0.3 is 4.74 Å². The molecule has 0 amide bonds. The number of ketones is 2. The normalized spacial score (nSPS) is 26.8. The molecule has 1 unspecified atom stereocenters. The maximum Gasteiger partial charge on any atom is 0.176 e. The average molecular weight is 184 g/mol. The quantitative estimate of drug-likeness (QED) is 0.606. The summed E-state index contributed by atoms with van der Waals surface area (Å²) >= 11 is 0. The third-order valence-electron chi connectivity index (χ3n) is 2.43. The monoisotopic (exact) mass is 184 g/mol. The second-order valence-electron chi connectivity index (χ2n) is 4.30. The van der Waals surface area contributed by atoms with Crippen LogP contribution in [0.15, 0.2) is 0 Å². The first-order chi connectivity index (χ1) is 5.86. The molecule has 0 aromatic heterocycles. The summed E-state index contributed by atoms with van der Waals surface area (Å²) in [5, 5.41) is 0.